The Labute approximate surface area is 159 Å². The van der Waals surface area contributed by atoms with Gasteiger partial charge in [-0.2, -0.15) is 0 Å². The molecule has 1 heterocycles. The molecule has 3 aromatic rings. The molecule has 140 valence electrons. The Kier molecular flexibility index (Phi) is 5.78. The first kappa shape index (κ1) is 18.9. The number of carbonyl (C=O) groups is 1. The molecule has 0 fully saturated rings. The molecule has 0 saturated heterocycles. The van der Waals surface area contributed by atoms with E-state index in [1.807, 2.05) is 0 Å². The summed E-state index contributed by atoms with van der Waals surface area (Å²) in [5.74, 6) is -0.851. The molecule has 0 radical (unpaired) electrons. The number of nitrogens with one attached hydrogen (secondary N) is 2. The molecule has 1 amide bonds. The van der Waals surface area contributed by atoms with E-state index in [4.69, 9.17) is 17.0 Å². The maximum absolute atomic E-state index is 13.3. The highest BCUT2D eigenvalue weighted by Crippen LogP contribution is 2.14. The monoisotopic (exact) mass is 387 g/mol. The number of hydrogen-bond acceptors (Lipinski definition) is 4. The number of aromatic amines is 1. The summed E-state index contributed by atoms with van der Waals surface area (Å²) in [6.07, 6.45) is 0.660. The number of nitrogens with zero attached hydrogens (tertiary/aromatic N) is 1. The molecule has 8 heteroatoms. The molecule has 3 rings (SSSR count). The zero-order valence-corrected chi connectivity index (χ0v) is 15.4. The average Bonchev–Trinajstić information content (AvgIpc) is 2.64. The Morgan fingerprint density at radius 3 is 2.85 bits per heavy atom. The molecule has 2 N–H and O–H groups in total. The summed E-state index contributed by atoms with van der Waals surface area (Å²) in [5.41, 5.74) is 0.928. The lowest BCUT2D eigenvalue weighted by atomic mass is 10.1. The van der Waals surface area contributed by atoms with Crippen LogP contribution in [0.4, 0.5) is 10.1 Å². The highest BCUT2D eigenvalue weighted by atomic mass is 32.1. The van der Waals surface area contributed by atoms with Crippen LogP contribution in [0.25, 0.3) is 10.9 Å². The molecule has 1 aromatic heterocycles. The van der Waals surface area contributed by atoms with E-state index < -0.39 is 11.7 Å². The number of H-pyrrole nitrogens is 1. The number of fused-ring (bicyclic) bond motifs is 1. The summed E-state index contributed by atoms with van der Waals surface area (Å²) >= 11 is 5.27. The van der Waals surface area contributed by atoms with Gasteiger partial charge in [0.15, 0.2) is 4.77 Å². The van der Waals surface area contributed by atoms with Crippen LogP contribution in [0.3, 0.4) is 0 Å². The first-order chi connectivity index (χ1) is 13.0. The maximum atomic E-state index is 13.3. The largest absolute Gasteiger partial charge is 0.385 e. The number of amides is 1. The van der Waals surface area contributed by atoms with Crippen molar-refractivity contribution in [2.75, 3.05) is 19.0 Å². The fourth-order valence-corrected chi connectivity index (χ4v) is 3.02. The molecular formula is C19H18FN3O3S. The molecule has 0 aliphatic rings. The van der Waals surface area contributed by atoms with Crippen LogP contribution in [-0.4, -0.2) is 29.2 Å². The Morgan fingerprint density at radius 1 is 1.30 bits per heavy atom. The second-order valence-corrected chi connectivity index (χ2v) is 6.34. The van der Waals surface area contributed by atoms with Gasteiger partial charge in [-0.1, -0.05) is 6.07 Å². The van der Waals surface area contributed by atoms with Gasteiger partial charge in [-0.25, -0.2) is 4.39 Å². The van der Waals surface area contributed by atoms with Crippen molar-refractivity contribution < 1.29 is 13.9 Å². The number of aromatic nitrogens is 2. The van der Waals surface area contributed by atoms with E-state index in [0.29, 0.717) is 41.7 Å². The summed E-state index contributed by atoms with van der Waals surface area (Å²) in [4.78, 5) is 28.0. The van der Waals surface area contributed by atoms with Gasteiger partial charge in [0, 0.05) is 31.5 Å². The zero-order valence-electron chi connectivity index (χ0n) is 14.6. The third kappa shape index (κ3) is 4.29. The van der Waals surface area contributed by atoms with Crippen molar-refractivity contribution in [2.24, 2.45) is 0 Å². The van der Waals surface area contributed by atoms with E-state index >= 15 is 0 Å². The van der Waals surface area contributed by atoms with Crippen molar-refractivity contribution in [3.63, 3.8) is 0 Å². The average molecular weight is 387 g/mol. The molecular weight excluding hydrogens is 369 g/mol. The minimum Gasteiger partial charge on any atom is -0.385 e. The highest BCUT2D eigenvalue weighted by molar-refractivity contribution is 7.71. The zero-order chi connectivity index (χ0) is 19.4. The van der Waals surface area contributed by atoms with Gasteiger partial charge in [0.1, 0.15) is 5.82 Å². The Morgan fingerprint density at radius 2 is 2.11 bits per heavy atom. The number of halogens is 1. The van der Waals surface area contributed by atoms with E-state index in [2.05, 4.69) is 10.3 Å². The fourth-order valence-electron chi connectivity index (χ4n) is 2.74. The Hall–Kier alpha value is -2.84. The van der Waals surface area contributed by atoms with Crippen LogP contribution in [0.2, 0.25) is 0 Å². The fraction of sp³-hybridized carbons (Fsp3) is 0.211. The molecule has 0 saturated carbocycles. The van der Waals surface area contributed by atoms with Gasteiger partial charge in [0.2, 0.25) is 0 Å². The number of ether oxygens (including phenoxy) is 1. The van der Waals surface area contributed by atoms with E-state index in [1.165, 1.54) is 22.8 Å². The second kappa shape index (κ2) is 8.24. The van der Waals surface area contributed by atoms with Gasteiger partial charge in [0.05, 0.1) is 10.9 Å². The number of carbonyl (C=O) groups excluding carboxylic acids is 1. The Bertz CT molecular complexity index is 1110. The molecule has 0 spiro atoms. The van der Waals surface area contributed by atoms with Gasteiger partial charge >= 0.3 is 0 Å². The summed E-state index contributed by atoms with van der Waals surface area (Å²) < 4.78 is 20.0. The first-order valence-corrected chi connectivity index (χ1v) is 8.73. The Balaban J connectivity index is 1.91. The van der Waals surface area contributed by atoms with Gasteiger partial charge in [-0.05, 0) is 55.0 Å². The van der Waals surface area contributed by atoms with Crippen LogP contribution in [0, 0.1) is 10.6 Å². The van der Waals surface area contributed by atoms with E-state index in [9.17, 15) is 14.0 Å². The third-order valence-electron chi connectivity index (χ3n) is 4.06. The number of rotatable bonds is 6. The molecule has 0 aliphatic heterocycles. The number of hydrogen-bond donors (Lipinski definition) is 2. The van der Waals surface area contributed by atoms with Crippen LogP contribution in [-0.2, 0) is 11.3 Å². The van der Waals surface area contributed by atoms with Crippen LogP contribution in [0.5, 0.6) is 0 Å². The lowest BCUT2D eigenvalue weighted by Gasteiger charge is -2.09. The van der Waals surface area contributed by atoms with Crippen LogP contribution >= 0.6 is 12.2 Å². The van der Waals surface area contributed by atoms with Crippen LogP contribution < -0.4 is 10.9 Å². The van der Waals surface area contributed by atoms with Crippen molar-refractivity contribution in [2.45, 2.75) is 13.0 Å². The van der Waals surface area contributed by atoms with Crippen LogP contribution in [0.15, 0.2) is 47.3 Å². The van der Waals surface area contributed by atoms with Gasteiger partial charge in [0.25, 0.3) is 11.5 Å². The lowest BCUT2D eigenvalue weighted by molar-refractivity contribution is 0.102. The predicted molar refractivity (Wildman–Crippen MR) is 104 cm³/mol. The highest BCUT2D eigenvalue weighted by Gasteiger charge is 2.11. The van der Waals surface area contributed by atoms with Crippen LogP contribution in [0.1, 0.15) is 16.8 Å². The molecule has 0 bridgehead atoms. The van der Waals surface area contributed by atoms with Gasteiger partial charge in [-0.3, -0.25) is 14.2 Å². The summed E-state index contributed by atoms with van der Waals surface area (Å²) in [7, 11) is 1.60. The topological polar surface area (TPSA) is 76.1 Å². The third-order valence-corrected chi connectivity index (χ3v) is 4.38. The van der Waals surface area contributed by atoms with Crippen molar-refractivity contribution in [3.05, 3.63) is 69.0 Å². The van der Waals surface area contributed by atoms with Crippen molar-refractivity contribution in [1.29, 1.82) is 0 Å². The molecule has 27 heavy (non-hydrogen) atoms. The smallest absolute Gasteiger partial charge is 0.262 e. The molecule has 2 aromatic carbocycles. The summed E-state index contributed by atoms with van der Waals surface area (Å²) in [6, 6.07) is 10.3. The lowest BCUT2D eigenvalue weighted by Crippen LogP contribution is -2.23. The molecule has 0 unspecified atom stereocenters. The normalized spacial score (nSPS) is 10.9. The SMILES string of the molecule is COCCCn1c(=S)[nH]c2cc(C(=O)Nc3cccc(F)c3)ccc2c1=O. The van der Waals surface area contributed by atoms with Crippen molar-refractivity contribution >= 4 is 34.7 Å². The summed E-state index contributed by atoms with van der Waals surface area (Å²) in [6.45, 7) is 0.970. The van der Waals surface area contributed by atoms with Crippen molar-refractivity contribution in [1.82, 2.24) is 9.55 Å². The molecule has 0 atom stereocenters. The van der Waals surface area contributed by atoms with E-state index in [1.54, 1.807) is 31.4 Å². The standard InChI is InChI=1S/C19H18FN3O3S/c1-26-9-3-8-23-18(25)15-7-6-12(10-16(15)22-19(23)27)17(24)21-14-5-2-4-13(20)11-14/h2,4-7,10-11H,3,8-9H2,1H3,(H,21,24)(H,22,27). The minimum absolute atomic E-state index is 0.220. The maximum Gasteiger partial charge on any atom is 0.262 e. The van der Waals surface area contributed by atoms with Gasteiger partial charge < -0.3 is 15.0 Å². The quantitative estimate of drug-likeness (QED) is 0.501. The number of anilines is 1. The van der Waals surface area contributed by atoms with Gasteiger partial charge in [-0.15, -0.1) is 0 Å². The first-order valence-electron chi connectivity index (χ1n) is 8.32. The second-order valence-electron chi connectivity index (χ2n) is 5.96. The van der Waals surface area contributed by atoms with E-state index in [0.717, 1.165) is 0 Å². The van der Waals surface area contributed by atoms with Crippen molar-refractivity contribution in [3.8, 4) is 0 Å². The minimum atomic E-state index is -0.440. The number of benzene rings is 2. The summed E-state index contributed by atoms with van der Waals surface area (Å²) in [5, 5.41) is 3.06. The number of methoxy groups -OCH3 is 1. The molecule has 6 nitrogen and oxygen atoms in total. The predicted octanol–water partition coefficient (Wildman–Crippen LogP) is 3.49. The van der Waals surface area contributed by atoms with E-state index in [-0.39, 0.29) is 10.3 Å². The molecule has 0 aliphatic carbocycles.